The molecule has 21 heavy (non-hydrogen) atoms. The van der Waals surface area contributed by atoms with Crippen molar-refractivity contribution < 1.29 is 9.32 Å². The van der Waals surface area contributed by atoms with Crippen LogP contribution in [0.5, 0.6) is 0 Å². The number of hydrogen-bond donors (Lipinski definition) is 2. The molecule has 0 radical (unpaired) electrons. The Balaban J connectivity index is 1.48. The van der Waals surface area contributed by atoms with E-state index in [1.165, 1.54) is 0 Å². The first kappa shape index (κ1) is 13.5. The minimum atomic E-state index is -0.556. The Kier molecular flexibility index (Phi) is 3.55. The molecule has 2 heterocycles. The Morgan fingerprint density at radius 1 is 1.62 bits per heavy atom. The Bertz CT molecular complexity index is 687. The summed E-state index contributed by atoms with van der Waals surface area (Å²) in [6.45, 7) is 2.67. The predicted molar refractivity (Wildman–Crippen MR) is 70.5 cm³/mol. The molecule has 0 bridgehead atoms. The average molecular weight is 292 g/mol. The summed E-state index contributed by atoms with van der Waals surface area (Å²) < 4.78 is 6.01. The molecule has 2 atom stereocenters. The minimum Gasteiger partial charge on any atom is -0.348 e. The number of nitrogens with zero attached hydrogens (tertiary/aromatic N) is 4. The van der Waals surface area contributed by atoms with Gasteiger partial charge in [-0.3, -0.25) is 19.0 Å². The molecule has 0 aromatic carbocycles. The molecule has 9 heteroatoms. The van der Waals surface area contributed by atoms with Crippen molar-refractivity contribution in [2.45, 2.75) is 38.8 Å². The lowest BCUT2D eigenvalue weighted by Crippen LogP contribution is -2.26. The molecular formula is C12H16N6O3. The molecule has 1 aliphatic rings. The number of H-pyrrole nitrogens is 1. The lowest BCUT2D eigenvalue weighted by Gasteiger charge is -1.99. The highest BCUT2D eigenvalue weighted by Gasteiger charge is 2.34. The molecular weight excluding hydrogens is 276 g/mol. The number of aryl methyl sites for hydroxylation is 2. The molecule has 1 amide bonds. The smallest absolute Gasteiger partial charge is 0.348 e. The van der Waals surface area contributed by atoms with Crippen LogP contribution in [0.25, 0.3) is 0 Å². The van der Waals surface area contributed by atoms with E-state index in [1.54, 1.807) is 10.9 Å². The third-order valence-electron chi connectivity index (χ3n) is 3.48. The lowest BCUT2D eigenvalue weighted by atomic mass is 10.3. The zero-order valence-corrected chi connectivity index (χ0v) is 11.6. The molecule has 0 aliphatic heterocycles. The number of nitrogens with one attached hydrogen (secondary N) is 2. The van der Waals surface area contributed by atoms with Gasteiger partial charge in [0.25, 0.3) is 5.91 Å². The summed E-state index contributed by atoms with van der Waals surface area (Å²) in [6.07, 6.45) is 3.91. The Hall–Kier alpha value is -2.45. The fourth-order valence-corrected chi connectivity index (χ4v) is 2.05. The number of hydrogen-bond acceptors (Lipinski definition) is 6. The molecule has 3 rings (SSSR count). The SMILES string of the molecule is C[C@@H]1C[C@H]1NC(=O)c1cn(CCCc2noc(=O)[nH]2)nn1. The van der Waals surface area contributed by atoms with Crippen molar-refractivity contribution in [1.29, 1.82) is 0 Å². The highest BCUT2D eigenvalue weighted by molar-refractivity contribution is 5.92. The number of aromatic amines is 1. The van der Waals surface area contributed by atoms with Gasteiger partial charge >= 0.3 is 5.76 Å². The summed E-state index contributed by atoms with van der Waals surface area (Å²) in [7, 11) is 0. The third kappa shape index (κ3) is 3.36. The fraction of sp³-hybridized carbons (Fsp3) is 0.583. The Morgan fingerprint density at radius 2 is 2.43 bits per heavy atom. The second-order valence-corrected chi connectivity index (χ2v) is 5.31. The van der Waals surface area contributed by atoms with Crippen LogP contribution >= 0.6 is 0 Å². The van der Waals surface area contributed by atoms with Crippen LogP contribution in [0.15, 0.2) is 15.5 Å². The van der Waals surface area contributed by atoms with E-state index in [1.807, 2.05) is 0 Å². The van der Waals surface area contributed by atoms with Gasteiger partial charge in [-0.2, -0.15) is 0 Å². The molecule has 2 aromatic rings. The van der Waals surface area contributed by atoms with Crippen molar-refractivity contribution in [2.24, 2.45) is 5.92 Å². The molecule has 1 aliphatic carbocycles. The highest BCUT2D eigenvalue weighted by Crippen LogP contribution is 2.29. The van der Waals surface area contributed by atoms with Crippen molar-refractivity contribution in [1.82, 2.24) is 30.5 Å². The molecule has 1 saturated carbocycles. The van der Waals surface area contributed by atoms with Crippen molar-refractivity contribution in [3.8, 4) is 0 Å². The van der Waals surface area contributed by atoms with E-state index >= 15 is 0 Å². The van der Waals surface area contributed by atoms with Crippen LogP contribution in [0.3, 0.4) is 0 Å². The summed E-state index contributed by atoms with van der Waals surface area (Å²) in [5, 5.41) is 14.2. The molecule has 112 valence electrons. The quantitative estimate of drug-likeness (QED) is 0.756. The van der Waals surface area contributed by atoms with Gasteiger partial charge in [0.1, 0.15) is 0 Å². The van der Waals surface area contributed by atoms with Gasteiger partial charge in [0.15, 0.2) is 11.5 Å². The summed E-state index contributed by atoms with van der Waals surface area (Å²) in [5.41, 5.74) is 0.323. The summed E-state index contributed by atoms with van der Waals surface area (Å²) in [6, 6.07) is 0.270. The summed E-state index contributed by atoms with van der Waals surface area (Å²) >= 11 is 0. The van der Waals surface area contributed by atoms with Crippen LogP contribution in [0.1, 0.15) is 36.1 Å². The maximum Gasteiger partial charge on any atom is 0.438 e. The zero-order valence-electron chi connectivity index (χ0n) is 11.6. The lowest BCUT2D eigenvalue weighted by molar-refractivity contribution is 0.0944. The fourth-order valence-electron chi connectivity index (χ4n) is 2.05. The molecule has 2 N–H and O–H groups in total. The number of carbonyl (C=O) groups is 1. The molecule has 0 unspecified atom stereocenters. The predicted octanol–water partition coefficient (Wildman–Crippen LogP) is -0.275. The first-order valence-electron chi connectivity index (χ1n) is 6.87. The zero-order chi connectivity index (χ0) is 14.8. The Labute approximate surface area is 119 Å². The van der Waals surface area contributed by atoms with Gasteiger partial charge in [-0.25, -0.2) is 4.79 Å². The van der Waals surface area contributed by atoms with Crippen molar-refractivity contribution in [2.75, 3.05) is 0 Å². The van der Waals surface area contributed by atoms with E-state index in [0.717, 1.165) is 6.42 Å². The van der Waals surface area contributed by atoms with Crippen molar-refractivity contribution in [3.05, 3.63) is 28.3 Å². The van der Waals surface area contributed by atoms with Crippen LogP contribution < -0.4 is 11.1 Å². The molecule has 2 aromatic heterocycles. The van der Waals surface area contributed by atoms with Gasteiger partial charge in [0, 0.05) is 19.0 Å². The Morgan fingerprint density at radius 3 is 3.10 bits per heavy atom. The summed E-state index contributed by atoms with van der Waals surface area (Å²) in [5.74, 6) is 0.310. The van der Waals surface area contributed by atoms with Gasteiger partial charge in [0.2, 0.25) is 0 Å². The van der Waals surface area contributed by atoms with Crippen LogP contribution in [0.2, 0.25) is 0 Å². The van der Waals surface area contributed by atoms with Crippen LogP contribution in [-0.4, -0.2) is 37.1 Å². The van der Waals surface area contributed by atoms with Gasteiger partial charge in [-0.05, 0) is 18.8 Å². The number of amides is 1. The van der Waals surface area contributed by atoms with E-state index < -0.39 is 5.76 Å². The number of carbonyl (C=O) groups excluding carboxylic acids is 1. The highest BCUT2D eigenvalue weighted by atomic mass is 16.5. The number of aromatic nitrogens is 5. The molecule has 1 fully saturated rings. The monoisotopic (exact) mass is 292 g/mol. The average Bonchev–Trinajstić information content (AvgIpc) is 2.85. The van der Waals surface area contributed by atoms with E-state index in [4.69, 9.17) is 0 Å². The number of rotatable bonds is 6. The van der Waals surface area contributed by atoms with Crippen molar-refractivity contribution in [3.63, 3.8) is 0 Å². The van der Waals surface area contributed by atoms with Gasteiger partial charge in [0.05, 0.1) is 6.20 Å². The van der Waals surface area contributed by atoms with E-state index in [-0.39, 0.29) is 11.9 Å². The first-order chi connectivity index (χ1) is 10.1. The normalized spacial score (nSPS) is 20.4. The first-order valence-corrected chi connectivity index (χ1v) is 6.87. The second-order valence-electron chi connectivity index (χ2n) is 5.31. The van der Waals surface area contributed by atoms with Gasteiger partial charge in [-0.15, -0.1) is 5.10 Å². The van der Waals surface area contributed by atoms with E-state index in [0.29, 0.717) is 36.8 Å². The molecule has 9 nitrogen and oxygen atoms in total. The summed E-state index contributed by atoms with van der Waals surface area (Å²) in [4.78, 5) is 25.1. The maximum atomic E-state index is 11.9. The topological polar surface area (TPSA) is 119 Å². The van der Waals surface area contributed by atoms with E-state index in [2.05, 4.69) is 37.2 Å². The minimum absolute atomic E-state index is 0.184. The standard InChI is InChI=1S/C12H16N6O3/c1-7-5-8(7)13-11(19)9-6-18(17-15-9)4-2-3-10-14-12(20)21-16-10/h6-8H,2-5H2,1H3,(H,13,19)(H,14,16,20)/t7-,8-/m1/s1. The second kappa shape index (κ2) is 5.51. The molecule has 0 spiro atoms. The van der Waals surface area contributed by atoms with Gasteiger partial charge in [-0.1, -0.05) is 17.3 Å². The van der Waals surface area contributed by atoms with Crippen LogP contribution in [-0.2, 0) is 13.0 Å². The van der Waals surface area contributed by atoms with Crippen LogP contribution in [0.4, 0.5) is 0 Å². The van der Waals surface area contributed by atoms with Crippen molar-refractivity contribution >= 4 is 5.91 Å². The molecule has 0 saturated heterocycles. The van der Waals surface area contributed by atoms with E-state index in [9.17, 15) is 9.59 Å². The van der Waals surface area contributed by atoms with Crippen LogP contribution in [0, 0.1) is 5.92 Å². The van der Waals surface area contributed by atoms with Gasteiger partial charge < -0.3 is 5.32 Å². The third-order valence-corrected chi connectivity index (χ3v) is 3.48. The maximum absolute atomic E-state index is 11.9. The largest absolute Gasteiger partial charge is 0.438 e.